The van der Waals surface area contributed by atoms with Gasteiger partial charge >= 0.3 is 0 Å². The number of methoxy groups -OCH3 is 1. The molecule has 1 N–H and O–H groups in total. The summed E-state index contributed by atoms with van der Waals surface area (Å²) >= 11 is 3.39. The van der Waals surface area contributed by atoms with Gasteiger partial charge in [-0.05, 0) is 43.7 Å². The fourth-order valence-electron chi connectivity index (χ4n) is 1.87. The molecule has 2 aromatic carbocycles. The molecule has 2 rings (SSSR count). The van der Waals surface area contributed by atoms with Crippen LogP contribution in [0.15, 0.2) is 45.8 Å². The van der Waals surface area contributed by atoms with Gasteiger partial charge in [-0.3, -0.25) is 4.72 Å². The Labute approximate surface area is 133 Å². The Kier molecular flexibility index (Phi) is 4.58. The number of aryl methyl sites for hydroxylation is 1. The molecule has 0 unspecified atom stereocenters. The van der Waals surface area contributed by atoms with Gasteiger partial charge in [-0.25, -0.2) is 8.42 Å². The quantitative estimate of drug-likeness (QED) is 0.889. The van der Waals surface area contributed by atoms with E-state index in [9.17, 15) is 8.42 Å². The summed E-state index contributed by atoms with van der Waals surface area (Å²) in [6, 6.07) is 10.2. The van der Waals surface area contributed by atoms with Crippen molar-refractivity contribution in [2.45, 2.75) is 18.7 Å². The summed E-state index contributed by atoms with van der Waals surface area (Å²) in [5.41, 5.74) is 2.21. The van der Waals surface area contributed by atoms with Crippen LogP contribution in [0.5, 0.6) is 5.75 Å². The Hall–Kier alpha value is -1.53. The molecule has 0 atom stereocenters. The standard InChI is InChI=1S/C15H16BrNO3S/c1-10-4-6-12(7-5-10)21(18,19)17-15-11(2)13(16)8-9-14(15)20-3/h4-9,17H,1-3H3. The Balaban J connectivity index is 2.46. The van der Waals surface area contributed by atoms with Gasteiger partial charge in [-0.15, -0.1) is 0 Å². The second-order valence-corrected chi connectivity index (χ2v) is 7.20. The SMILES string of the molecule is COc1ccc(Br)c(C)c1NS(=O)(=O)c1ccc(C)cc1. The molecule has 0 spiro atoms. The Bertz CT molecular complexity index is 755. The first-order valence-electron chi connectivity index (χ1n) is 6.27. The maximum Gasteiger partial charge on any atom is 0.262 e. The van der Waals surface area contributed by atoms with E-state index < -0.39 is 10.0 Å². The lowest BCUT2D eigenvalue weighted by atomic mass is 10.2. The van der Waals surface area contributed by atoms with Crippen molar-refractivity contribution in [3.05, 3.63) is 52.0 Å². The van der Waals surface area contributed by atoms with Crippen LogP contribution in [0.1, 0.15) is 11.1 Å². The molecule has 0 fully saturated rings. The Morgan fingerprint density at radius 2 is 1.67 bits per heavy atom. The average Bonchev–Trinajstić information content (AvgIpc) is 2.44. The summed E-state index contributed by atoms with van der Waals surface area (Å²) in [5, 5.41) is 0. The van der Waals surface area contributed by atoms with E-state index in [0.717, 1.165) is 15.6 Å². The topological polar surface area (TPSA) is 55.4 Å². The van der Waals surface area contributed by atoms with Gasteiger partial charge in [0, 0.05) is 4.47 Å². The number of sulfonamides is 1. The number of ether oxygens (including phenoxy) is 1. The van der Waals surface area contributed by atoms with Crippen molar-refractivity contribution in [1.29, 1.82) is 0 Å². The fourth-order valence-corrected chi connectivity index (χ4v) is 3.33. The van der Waals surface area contributed by atoms with Gasteiger partial charge in [0.1, 0.15) is 5.75 Å². The first kappa shape index (κ1) is 15.9. The minimum absolute atomic E-state index is 0.217. The van der Waals surface area contributed by atoms with Crippen LogP contribution in [0.2, 0.25) is 0 Å². The number of nitrogens with one attached hydrogen (secondary N) is 1. The molecular weight excluding hydrogens is 354 g/mol. The van der Waals surface area contributed by atoms with Crippen molar-refractivity contribution in [3.63, 3.8) is 0 Å². The van der Waals surface area contributed by atoms with Crippen LogP contribution in [0.4, 0.5) is 5.69 Å². The molecule has 6 heteroatoms. The molecule has 4 nitrogen and oxygen atoms in total. The van der Waals surface area contributed by atoms with E-state index in [2.05, 4.69) is 20.7 Å². The van der Waals surface area contributed by atoms with E-state index in [-0.39, 0.29) is 4.90 Å². The van der Waals surface area contributed by atoms with E-state index in [1.54, 1.807) is 30.3 Å². The Morgan fingerprint density at radius 1 is 1.05 bits per heavy atom. The highest BCUT2D eigenvalue weighted by Gasteiger charge is 2.19. The Morgan fingerprint density at radius 3 is 2.24 bits per heavy atom. The number of benzene rings is 2. The van der Waals surface area contributed by atoms with E-state index in [4.69, 9.17) is 4.74 Å². The molecule has 0 saturated carbocycles. The predicted molar refractivity (Wildman–Crippen MR) is 87.4 cm³/mol. The first-order chi connectivity index (χ1) is 9.85. The zero-order valence-corrected chi connectivity index (χ0v) is 14.4. The van der Waals surface area contributed by atoms with E-state index >= 15 is 0 Å². The summed E-state index contributed by atoms with van der Waals surface area (Å²) in [6.07, 6.45) is 0. The maximum atomic E-state index is 12.5. The van der Waals surface area contributed by atoms with E-state index in [0.29, 0.717) is 11.4 Å². The van der Waals surface area contributed by atoms with Crippen molar-refractivity contribution in [1.82, 2.24) is 0 Å². The number of hydrogen-bond acceptors (Lipinski definition) is 3. The predicted octanol–water partition coefficient (Wildman–Crippen LogP) is 3.88. The van der Waals surface area contributed by atoms with Crippen molar-refractivity contribution < 1.29 is 13.2 Å². The smallest absolute Gasteiger partial charge is 0.262 e. The third-order valence-corrected chi connectivity index (χ3v) is 5.37. The van der Waals surface area contributed by atoms with Crippen LogP contribution in [0, 0.1) is 13.8 Å². The summed E-state index contributed by atoms with van der Waals surface area (Å²) in [6.45, 7) is 3.73. The minimum Gasteiger partial charge on any atom is -0.495 e. The molecule has 0 amide bonds. The second kappa shape index (κ2) is 6.07. The molecule has 21 heavy (non-hydrogen) atoms. The van der Waals surface area contributed by atoms with Crippen LogP contribution in [0.25, 0.3) is 0 Å². The molecule has 0 aliphatic rings. The summed E-state index contributed by atoms with van der Waals surface area (Å²) in [7, 11) is -2.15. The molecule has 0 aliphatic heterocycles. The third-order valence-electron chi connectivity index (χ3n) is 3.15. The summed E-state index contributed by atoms with van der Waals surface area (Å²) in [5.74, 6) is 0.478. The normalized spacial score (nSPS) is 11.2. The van der Waals surface area contributed by atoms with Crippen LogP contribution in [-0.2, 0) is 10.0 Å². The van der Waals surface area contributed by atoms with Crippen LogP contribution < -0.4 is 9.46 Å². The molecule has 0 radical (unpaired) electrons. The average molecular weight is 370 g/mol. The van der Waals surface area contributed by atoms with E-state index in [1.807, 2.05) is 19.9 Å². The molecule has 2 aromatic rings. The van der Waals surface area contributed by atoms with Crippen molar-refractivity contribution in [3.8, 4) is 5.75 Å². The number of halogens is 1. The number of rotatable bonds is 4. The molecular formula is C15H16BrNO3S. The molecule has 0 aliphatic carbocycles. The van der Waals surface area contributed by atoms with Gasteiger partial charge in [-0.1, -0.05) is 33.6 Å². The molecule has 112 valence electrons. The number of anilines is 1. The van der Waals surface area contributed by atoms with Crippen molar-refractivity contribution >= 4 is 31.6 Å². The maximum absolute atomic E-state index is 12.5. The summed E-state index contributed by atoms with van der Waals surface area (Å²) < 4.78 is 33.6. The molecule has 0 heterocycles. The van der Waals surface area contributed by atoms with Gasteiger partial charge in [0.15, 0.2) is 0 Å². The molecule has 0 saturated heterocycles. The highest BCUT2D eigenvalue weighted by molar-refractivity contribution is 9.10. The van der Waals surface area contributed by atoms with Crippen molar-refractivity contribution in [2.75, 3.05) is 11.8 Å². The minimum atomic E-state index is -3.65. The summed E-state index contributed by atoms with van der Waals surface area (Å²) in [4.78, 5) is 0.217. The zero-order chi connectivity index (χ0) is 15.6. The van der Waals surface area contributed by atoms with Crippen LogP contribution in [0.3, 0.4) is 0 Å². The van der Waals surface area contributed by atoms with Gasteiger partial charge in [0.25, 0.3) is 10.0 Å². The second-order valence-electron chi connectivity index (χ2n) is 4.67. The third kappa shape index (κ3) is 3.39. The van der Waals surface area contributed by atoms with E-state index in [1.165, 1.54) is 7.11 Å². The van der Waals surface area contributed by atoms with Crippen molar-refractivity contribution in [2.24, 2.45) is 0 Å². The molecule has 0 bridgehead atoms. The number of hydrogen-bond donors (Lipinski definition) is 1. The largest absolute Gasteiger partial charge is 0.495 e. The lowest BCUT2D eigenvalue weighted by Gasteiger charge is -2.15. The van der Waals surface area contributed by atoms with Gasteiger partial charge in [0.05, 0.1) is 17.7 Å². The molecule has 0 aromatic heterocycles. The van der Waals surface area contributed by atoms with Crippen LogP contribution in [-0.4, -0.2) is 15.5 Å². The highest BCUT2D eigenvalue weighted by Crippen LogP contribution is 2.34. The van der Waals surface area contributed by atoms with Gasteiger partial charge in [0.2, 0.25) is 0 Å². The van der Waals surface area contributed by atoms with Gasteiger partial charge in [-0.2, -0.15) is 0 Å². The van der Waals surface area contributed by atoms with Gasteiger partial charge < -0.3 is 4.74 Å². The highest BCUT2D eigenvalue weighted by atomic mass is 79.9. The lowest BCUT2D eigenvalue weighted by molar-refractivity contribution is 0.416. The van der Waals surface area contributed by atoms with Crippen LogP contribution >= 0.6 is 15.9 Å². The monoisotopic (exact) mass is 369 g/mol. The fraction of sp³-hybridized carbons (Fsp3) is 0.200. The lowest BCUT2D eigenvalue weighted by Crippen LogP contribution is -2.14. The zero-order valence-electron chi connectivity index (χ0n) is 12.0. The first-order valence-corrected chi connectivity index (χ1v) is 8.55.